The van der Waals surface area contributed by atoms with E-state index in [9.17, 15) is 13.2 Å². The highest BCUT2D eigenvalue weighted by Gasteiger charge is 2.31. The number of aromatic nitrogens is 1. The quantitative estimate of drug-likeness (QED) is 0.546. The highest BCUT2D eigenvalue weighted by Crippen LogP contribution is 2.33. The number of hydrogen-bond acceptors (Lipinski definition) is 4. The molecule has 0 unspecified atom stereocenters. The lowest BCUT2D eigenvalue weighted by atomic mass is 10.2. The molecule has 1 fully saturated rings. The number of para-hydroxylation sites is 2. The Balaban J connectivity index is 1.38. The van der Waals surface area contributed by atoms with Gasteiger partial charge in [0.15, 0.2) is 0 Å². The molecular formula is C23H21F3N2O2. The van der Waals surface area contributed by atoms with E-state index in [1.807, 2.05) is 54.6 Å². The molecule has 1 atom stereocenters. The van der Waals surface area contributed by atoms with Crippen molar-refractivity contribution in [3.05, 3.63) is 84.1 Å². The zero-order valence-electron chi connectivity index (χ0n) is 16.2. The van der Waals surface area contributed by atoms with Gasteiger partial charge in [0.2, 0.25) is 5.88 Å². The number of rotatable bonds is 6. The fourth-order valence-electron chi connectivity index (χ4n) is 3.41. The summed E-state index contributed by atoms with van der Waals surface area (Å²) in [6.45, 7) is 1.84. The van der Waals surface area contributed by atoms with Crippen LogP contribution in [0, 0.1) is 0 Å². The minimum absolute atomic E-state index is 0.156. The van der Waals surface area contributed by atoms with Gasteiger partial charge in [0.1, 0.15) is 18.5 Å². The standard InChI is InChI=1S/C23H21F3N2O2/c24-23(25,26)18-10-11-22(27-14-18)30-19-12-13-28(15-19)20-8-4-5-9-21(20)29-16-17-6-2-1-3-7-17/h1-11,14,19H,12-13,15-16H2/t19-/m1/s1. The van der Waals surface area contributed by atoms with Crippen LogP contribution in [-0.4, -0.2) is 24.2 Å². The van der Waals surface area contributed by atoms with E-state index in [4.69, 9.17) is 9.47 Å². The summed E-state index contributed by atoms with van der Waals surface area (Å²) in [6, 6.07) is 20.0. The molecule has 0 bridgehead atoms. The predicted molar refractivity (Wildman–Crippen MR) is 108 cm³/mol. The van der Waals surface area contributed by atoms with Crippen molar-refractivity contribution in [2.45, 2.75) is 25.3 Å². The predicted octanol–water partition coefficient (Wildman–Crippen LogP) is 5.34. The molecule has 3 aromatic rings. The Bertz CT molecular complexity index is 962. The Labute approximate surface area is 172 Å². The van der Waals surface area contributed by atoms with Gasteiger partial charge < -0.3 is 14.4 Å². The van der Waals surface area contributed by atoms with Crippen molar-refractivity contribution in [2.75, 3.05) is 18.0 Å². The van der Waals surface area contributed by atoms with Crippen molar-refractivity contribution in [3.63, 3.8) is 0 Å². The summed E-state index contributed by atoms with van der Waals surface area (Å²) in [5.41, 5.74) is 1.27. The molecule has 4 rings (SSSR count). The van der Waals surface area contributed by atoms with E-state index in [2.05, 4.69) is 9.88 Å². The Morgan fingerprint density at radius 1 is 0.967 bits per heavy atom. The largest absolute Gasteiger partial charge is 0.487 e. The number of pyridine rings is 1. The third-order valence-electron chi connectivity index (χ3n) is 4.94. The molecule has 4 nitrogen and oxygen atoms in total. The maximum Gasteiger partial charge on any atom is 0.417 e. The second kappa shape index (κ2) is 8.65. The van der Waals surface area contributed by atoms with Crippen molar-refractivity contribution in [1.29, 1.82) is 0 Å². The van der Waals surface area contributed by atoms with Crippen LogP contribution in [0.4, 0.5) is 18.9 Å². The summed E-state index contributed by atoms with van der Waals surface area (Å²) in [5, 5.41) is 0. The maximum atomic E-state index is 12.7. The molecule has 1 aliphatic rings. The van der Waals surface area contributed by atoms with Gasteiger partial charge in [-0.3, -0.25) is 0 Å². The highest BCUT2D eigenvalue weighted by atomic mass is 19.4. The topological polar surface area (TPSA) is 34.6 Å². The van der Waals surface area contributed by atoms with E-state index in [0.29, 0.717) is 13.2 Å². The molecule has 1 saturated heterocycles. The van der Waals surface area contributed by atoms with E-state index >= 15 is 0 Å². The lowest BCUT2D eigenvalue weighted by molar-refractivity contribution is -0.137. The van der Waals surface area contributed by atoms with Crippen LogP contribution in [0.5, 0.6) is 11.6 Å². The van der Waals surface area contributed by atoms with Gasteiger partial charge in [0, 0.05) is 25.2 Å². The van der Waals surface area contributed by atoms with Gasteiger partial charge in [0.25, 0.3) is 0 Å². The number of nitrogens with zero attached hydrogens (tertiary/aromatic N) is 2. The summed E-state index contributed by atoms with van der Waals surface area (Å²) >= 11 is 0. The number of anilines is 1. The molecule has 2 aromatic carbocycles. The Morgan fingerprint density at radius 2 is 1.73 bits per heavy atom. The number of benzene rings is 2. The molecule has 0 spiro atoms. The van der Waals surface area contributed by atoms with Crippen LogP contribution in [0.15, 0.2) is 72.9 Å². The molecule has 1 aliphatic heterocycles. The van der Waals surface area contributed by atoms with E-state index in [1.165, 1.54) is 6.07 Å². The third-order valence-corrected chi connectivity index (χ3v) is 4.94. The Hall–Kier alpha value is -3.22. The normalized spacial score (nSPS) is 16.5. The average Bonchev–Trinajstić information content (AvgIpc) is 3.21. The van der Waals surface area contributed by atoms with Crippen LogP contribution in [0.1, 0.15) is 17.5 Å². The molecule has 0 N–H and O–H groups in total. The zero-order valence-corrected chi connectivity index (χ0v) is 16.2. The van der Waals surface area contributed by atoms with E-state index in [1.54, 1.807) is 0 Å². The van der Waals surface area contributed by atoms with Crippen molar-refractivity contribution >= 4 is 5.69 Å². The van der Waals surface area contributed by atoms with Gasteiger partial charge in [-0.25, -0.2) is 4.98 Å². The highest BCUT2D eigenvalue weighted by molar-refractivity contribution is 5.59. The van der Waals surface area contributed by atoms with Crippen LogP contribution in [-0.2, 0) is 12.8 Å². The van der Waals surface area contributed by atoms with Crippen LogP contribution >= 0.6 is 0 Å². The second-order valence-corrected chi connectivity index (χ2v) is 7.10. The van der Waals surface area contributed by atoms with Crippen molar-refractivity contribution in [1.82, 2.24) is 4.98 Å². The van der Waals surface area contributed by atoms with Crippen molar-refractivity contribution < 1.29 is 22.6 Å². The van der Waals surface area contributed by atoms with Crippen LogP contribution in [0.25, 0.3) is 0 Å². The summed E-state index contributed by atoms with van der Waals surface area (Å²) in [7, 11) is 0. The number of ether oxygens (including phenoxy) is 2. The van der Waals surface area contributed by atoms with Crippen LogP contribution < -0.4 is 14.4 Å². The molecule has 7 heteroatoms. The minimum Gasteiger partial charge on any atom is -0.487 e. The smallest absolute Gasteiger partial charge is 0.417 e. The molecule has 0 saturated carbocycles. The fraction of sp³-hybridized carbons (Fsp3) is 0.261. The summed E-state index contributed by atoms with van der Waals surface area (Å²) in [5.74, 6) is 0.984. The molecular weight excluding hydrogens is 393 g/mol. The minimum atomic E-state index is -4.40. The van der Waals surface area contributed by atoms with Crippen molar-refractivity contribution in [2.24, 2.45) is 0 Å². The molecule has 0 radical (unpaired) electrons. The molecule has 1 aromatic heterocycles. The summed E-state index contributed by atoms with van der Waals surface area (Å²) < 4.78 is 49.9. The first-order chi connectivity index (χ1) is 14.5. The monoisotopic (exact) mass is 414 g/mol. The SMILES string of the molecule is FC(F)(F)c1ccc(O[C@@H]2CCN(c3ccccc3OCc3ccccc3)C2)nc1. The van der Waals surface area contributed by atoms with E-state index in [0.717, 1.165) is 42.2 Å². The molecule has 156 valence electrons. The third kappa shape index (κ3) is 4.84. The van der Waals surface area contributed by atoms with Gasteiger partial charge >= 0.3 is 6.18 Å². The lowest BCUT2D eigenvalue weighted by Gasteiger charge is -2.22. The molecule has 0 amide bonds. The Morgan fingerprint density at radius 3 is 2.47 bits per heavy atom. The van der Waals surface area contributed by atoms with Crippen molar-refractivity contribution in [3.8, 4) is 11.6 Å². The summed E-state index contributed by atoms with van der Waals surface area (Å²) in [6.07, 6.45) is -3.01. The lowest BCUT2D eigenvalue weighted by Crippen LogP contribution is -2.25. The zero-order chi connectivity index (χ0) is 21.0. The molecule has 0 aliphatic carbocycles. The molecule has 30 heavy (non-hydrogen) atoms. The van der Waals surface area contributed by atoms with Gasteiger partial charge in [-0.1, -0.05) is 42.5 Å². The molecule has 2 heterocycles. The number of hydrogen-bond donors (Lipinski definition) is 0. The van der Waals surface area contributed by atoms with Gasteiger partial charge in [-0.2, -0.15) is 13.2 Å². The van der Waals surface area contributed by atoms with Gasteiger partial charge in [0.05, 0.1) is 17.8 Å². The first-order valence-corrected chi connectivity index (χ1v) is 9.69. The maximum absolute atomic E-state index is 12.7. The fourth-order valence-corrected chi connectivity index (χ4v) is 3.41. The van der Waals surface area contributed by atoms with Gasteiger partial charge in [-0.05, 0) is 23.8 Å². The number of alkyl halides is 3. The van der Waals surface area contributed by atoms with Crippen LogP contribution in [0.3, 0.4) is 0 Å². The first kappa shape index (κ1) is 20.1. The van der Waals surface area contributed by atoms with Crippen LogP contribution in [0.2, 0.25) is 0 Å². The number of halogens is 3. The van der Waals surface area contributed by atoms with E-state index in [-0.39, 0.29) is 12.0 Å². The first-order valence-electron chi connectivity index (χ1n) is 9.69. The summed E-state index contributed by atoms with van der Waals surface area (Å²) in [4.78, 5) is 5.96. The Kier molecular flexibility index (Phi) is 5.79. The second-order valence-electron chi connectivity index (χ2n) is 7.10. The average molecular weight is 414 g/mol. The van der Waals surface area contributed by atoms with Gasteiger partial charge in [-0.15, -0.1) is 0 Å². The van der Waals surface area contributed by atoms with E-state index < -0.39 is 11.7 Å².